The molecular weight excluding hydrogens is 224 g/mol. The van der Waals surface area contributed by atoms with E-state index < -0.39 is 0 Å². The Balaban J connectivity index is 3.39. The Morgan fingerprint density at radius 3 is 1.80 bits per heavy atom. The molecule has 82 valence electrons. The van der Waals surface area contributed by atoms with Crippen molar-refractivity contribution in [3.63, 3.8) is 0 Å². The molecule has 0 atom stereocenters. The second-order valence-electron chi connectivity index (χ2n) is 4.70. The van der Waals surface area contributed by atoms with E-state index in [1.807, 2.05) is 12.1 Å². The van der Waals surface area contributed by atoms with Crippen LogP contribution in [0.4, 0.5) is 0 Å². The minimum absolute atomic E-state index is 0.00505. The van der Waals surface area contributed by atoms with E-state index in [1.165, 1.54) is 6.92 Å². The summed E-state index contributed by atoms with van der Waals surface area (Å²) in [6, 6.07) is 3.89. The average molecular weight is 240 g/mol. The molecule has 0 unspecified atom stereocenters. The zero-order chi connectivity index (χ0) is 11.8. The number of Topliss-reactive ketones (excluding diaryl/α,β-unsaturated/α-hetero) is 1. The maximum atomic E-state index is 11.4. The normalized spacial score (nSPS) is 11.6. The lowest BCUT2D eigenvalue weighted by molar-refractivity contribution is 0.101. The third kappa shape index (κ3) is 2.79. The molecule has 0 heterocycles. The zero-order valence-electron chi connectivity index (χ0n) is 9.46. The molecule has 0 radical (unpaired) electrons. The van der Waals surface area contributed by atoms with Crippen LogP contribution in [0.1, 0.15) is 43.6 Å². The SMILES string of the molecule is CC(=O)c1c(S)cc(C(C)(C)C)cc1S. The van der Waals surface area contributed by atoms with E-state index in [1.54, 1.807) is 0 Å². The van der Waals surface area contributed by atoms with Gasteiger partial charge < -0.3 is 0 Å². The molecule has 0 amide bonds. The molecule has 1 nitrogen and oxygen atoms in total. The first kappa shape index (κ1) is 12.7. The van der Waals surface area contributed by atoms with Gasteiger partial charge in [0.1, 0.15) is 0 Å². The lowest BCUT2D eigenvalue weighted by Crippen LogP contribution is -2.12. The van der Waals surface area contributed by atoms with Gasteiger partial charge in [0, 0.05) is 15.4 Å². The first-order valence-electron chi connectivity index (χ1n) is 4.81. The summed E-state index contributed by atoms with van der Waals surface area (Å²) in [5.74, 6) is 0.00505. The highest BCUT2D eigenvalue weighted by atomic mass is 32.1. The Morgan fingerprint density at radius 2 is 1.53 bits per heavy atom. The highest BCUT2D eigenvalue weighted by Gasteiger charge is 2.18. The van der Waals surface area contributed by atoms with Gasteiger partial charge >= 0.3 is 0 Å². The van der Waals surface area contributed by atoms with Crippen LogP contribution in [-0.4, -0.2) is 5.78 Å². The molecule has 1 aromatic carbocycles. The molecule has 15 heavy (non-hydrogen) atoms. The minimum atomic E-state index is 0.00505. The Morgan fingerprint density at radius 1 is 1.13 bits per heavy atom. The molecule has 3 heteroatoms. The van der Waals surface area contributed by atoms with Crippen molar-refractivity contribution in [2.24, 2.45) is 0 Å². The van der Waals surface area contributed by atoms with E-state index in [9.17, 15) is 4.79 Å². The van der Waals surface area contributed by atoms with Gasteiger partial charge in [-0.15, -0.1) is 25.3 Å². The third-order valence-corrected chi connectivity index (χ3v) is 3.02. The van der Waals surface area contributed by atoms with Crippen LogP contribution in [0.15, 0.2) is 21.9 Å². The third-order valence-electron chi connectivity index (χ3n) is 2.31. The van der Waals surface area contributed by atoms with Crippen LogP contribution < -0.4 is 0 Å². The summed E-state index contributed by atoms with van der Waals surface area (Å²) in [4.78, 5) is 12.8. The van der Waals surface area contributed by atoms with Gasteiger partial charge in [-0.2, -0.15) is 0 Å². The molecular formula is C12H16OS2. The number of hydrogen-bond acceptors (Lipinski definition) is 3. The number of rotatable bonds is 1. The number of hydrogen-bond donors (Lipinski definition) is 2. The molecule has 0 aliphatic heterocycles. The molecule has 0 fully saturated rings. The number of benzene rings is 1. The molecule has 0 saturated carbocycles. The molecule has 0 aromatic heterocycles. The molecule has 0 saturated heterocycles. The monoisotopic (exact) mass is 240 g/mol. The van der Waals surface area contributed by atoms with Crippen LogP contribution >= 0.6 is 25.3 Å². The number of ketones is 1. The van der Waals surface area contributed by atoms with E-state index in [0.29, 0.717) is 15.4 Å². The summed E-state index contributed by atoms with van der Waals surface area (Å²) in [7, 11) is 0. The summed E-state index contributed by atoms with van der Waals surface area (Å²) in [6.45, 7) is 7.90. The average Bonchev–Trinajstić information content (AvgIpc) is 1.99. The predicted octanol–water partition coefficient (Wildman–Crippen LogP) is 3.76. The lowest BCUT2D eigenvalue weighted by atomic mass is 9.86. The van der Waals surface area contributed by atoms with Crippen LogP contribution in [0.2, 0.25) is 0 Å². The van der Waals surface area contributed by atoms with Crippen LogP contribution in [0.25, 0.3) is 0 Å². The van der Waals surface area contributed by atoms with E-state index in [-0.39, 0.29) is 11.2 Å². The molecule has 1 rings (SSSR count). The van der Waals surface area contributed by atoms with Gasteiger partial charge in [-0.1, -0.05) is 20.8 Å². The van der Waals surface area contributed by atoms with Crippen molar-refractivity contribution in [3.05, 3.63) is 23.3 Å². The lowest BCUT2D eigenvalue weighted by Gasteiger charge is -2.21. The van der Waals surface area contributed by atoms with Crippen LogP contribution in [0.3, 0.4) is 0 Å². The standard InChI is InChI=1S/C12H16OS2/c1-7(13)11-9(14)5-8(6-10(11)15)12(2,3)4/h5-6,14-15H,1-4H3. The van der Waals surface area contributed by atoms with Gasteiger partial charge in [0.15, 0.2) is 5.78 Å². The van der Waals surface area contributed by atoms with Crippen LogP contribution in [0.5, 0.6) is 0 Å². The Kier molecular flexibility index (Phi) is 3.56. The molecule has 0 N–H and O–H groups in total. The van der Waals surface area contributed by atoms with Crippen molar-refractivity contribution in [1.29, 1.82) is 0 Å². The summed E-state index contributed by atoms with van der Waals surface area (Å²) in [5, 5.41) is 0. The fourth-order valence-electron chi connectivity index (χ4n) is 1.41. The van der Waals surface area contributed by atoms with E-state index >= 15 is 0 Å². The zero-order valence-corrected chi connectivity index (χ0v) is 11.2. The first-order valence-corrected chi connectivity index (χ1v) is 5.70. The number of thiol groups is 2. The summed E-state index contributed by atoms with van der Waals surface area (Å²) < 4.78 is 0. The molecule has 0 aliphatic rings. The topological polar surface area (TPSA) is 17.1 Å². The van der Waals surface area contributed by atoms with Crippen molar-refractivity contribution in [2.45, 2.75) is 42.9 Å². The van der Waals surface area contributed by atoms with Gasteiger partial charge in [-0.05, 0) is 30.0 Å². The van der Waals surface area contributed by atoms with E-state index in [2.05, 4.69) is 46.0 Å². The number of carbonyl (C=O) groups is 1. The number of carbonyl (C=O) groups excluding carboxylic acids is 1. The summed E-state index contributed by atoms with van der Waals surface area (Å²) >= 11 is 8.68. The van der Waals surface area contributed by atoms with E-state index in [4.69, 9.17) is 0 Å². The molecule has 0 spiro atoms. The van der Waals surface area contributed by atoms with Crippen LogP contribution in [0, 0.1) is 0 Å². The Hall–Kier alpha value is -0.410. The quantitative estimate of drug-likeness (QED) is 0.564. The van der Waals surface area contributed by atoms with Crippen LogP contribution in [-0.2, 0) is 5.41 Å². The maximum absolute atomic E-state index is 11.4. The highest BCUT2D eigenvalue weighted by molar-refractivity contribution is 7.81. The van der Waals surface area contributed by atoms with Crippen molar-refractivity contribution in [1.82, 2.24) is 0 Å². The first-order chi connectivity index (χ1) is 6.73. The Bertz CT molecular complexity index is 380. The highest BCUT2D eigenvalue weighted by Crippen LogP contribution is 2.30. The minimum Gasteiger partial charge on any atom is -0.294 e. The fraction of sp³-hybridized carbons (Fsp3) is 0.417. The summed E-state index contributed by atoms with van der Waals surface area (Å²) in [5.41, 5.74) is 1.79. The largest absolute Gasteiger partial charge is 0.294 e. The smallest absolute Gasteiger partial charge is 0.162 e. The summed E-state index contributed by atoms with van der Waals surface area (Å²) in [6.07, 6.45) is 0. The molecule has 0 aliphatic carbocycles. The van der Waals surface area contributed by atoms with Crippen molar-refractivity contribution in [3.8, 4) is 0 Å². The van der Waals surface area contributed by atoms with Gasteiger partial charge in [0.25, 0.3) is 0 Å². The van der Waals surface area contributed by atoms with Gasteiger partial charge in [-0.25, -0.2) is 0 Å². The Labute approximate surface area is 102 Å². The van der Waals surface area contributed by atoms with Crippen molar-refractivity contribution in [2.75, 3.05) is 0 Å². The van der Waals surface area contributed by atoms with Gasteiger partial charge in [-0.3, -0.25) is 4.79 Å². The predicted molar refractivity (Wildman–Crippen MR) is 69.7 cm³/mol. The van der Waals surface area contributed by atoms with Gasteiger partial charge in [0.05, 0.1) is 0 Å². The van der Waals surface area contributed by atoms with Gasteiger partial charge in [0.2, 0.25) is 0 Å². The fourth-order valence-corrected chi connectivity index (χ4v) is 2.33. The molecule has 1 aromatic rings. The van der Waals surface area contributed by atoms with Crippen molar-refractivity contribution < 1.29 is 4.79 Å². The second kappa shape index (κ2) is 4.22. The van der Waals surface area contributed by atoms with E-state index in [0.717, 1.165) is 5.56 Å². The molecule has 0 bridgehead atoms. The second-order valence-corrected chi connectivity index (χ2v) is 5.66. The maximum Gasteiger partial charge on any atom is 0.162 e. The van der Waals surface area contributed by atoms with Crippen molar-refractivity contribution >= 4 is 31.0 Å².